The molecule has 0 heterocycles. The van der Waals surface area contributed by atoms with Crippen LogP contribution in [-0.4, -0.2) is 27.2 Å². The second kappa shape index (κ2) is 9.48. The van der Waals surface area contributed by atoms with Crippen molar-refractivity contribution in [3.63, 3.8) is 0 Å². The standard InChI is InChI=1S/C20H24BrNO4/c1-13(15-7-5-6-8-16(15)21)22-19(23)10-9-14-11-17(24-2)20(26-4)18(12-14)25-3/h5-8,11-13H,9-10H2,1-4H3,(H,22,23). The van der Waals surface area contributed by atoms with E-state index < -0.39 is 0 Å². The highest BCUT2D eigenvalue weighted by molar-refractivity contribution is 9.10. The summed E-state index contributed by atoms with van der Waals surface area (Å²) in [6.45, 7) is 1.97. The Labute approximate surface area is 162 Å². The normalized spacial score (nSPS) is 11.6. The molecule has 0 aliphatic carbocycles. The van der Waals surface area contributed by atoms with Gasteiger partial charge in [-0.2, -0.15) is 0 Å². The largest absolute Gasteiger partial charge is 0.493 e. The Bertz CT molecular complexity index is 738. The molecule has 140 valence electrons. The van der Waals surface area contributed by atoms with Crippen LogP contribution in [0.25, 0.3) is 0 Å². The van der Waals surface area contributed by atoms with E-state index in [0.717, 1.165) is 15.6 Å². The molecule has 0 aliphatic rings. The third-order valence-electron chi connectivity index (χ3n) is 4.11. The fourth-order valence-corrected chi connectivity index (χ4v) is 3.38. The van der Waals surface area contributed by atoms with Crippen LogP contribution in [0.2, 0.25) is 0 Å². The van der Waals surface area contributed by atoms with E-state index >= 15 is 0 Å². The van der Waals surface area contributed by atoms with Gasteiger partial charge in [0.1, 0.15) is 0 Å². The number of rotatable bonds is 8. The lowest BCUT2D eigenvalue weighted by molar-refractivity contribution is -0.121. The molecule has 2 rings (SSSR count). The maximum absolute atomic E-state index is 12.3. The number of hydrogen-bond acceptors (Lipinski definition) is 4. The zero-order chi connectivity index (χ0) is 19.1. The summed E-state index contributed by atoms with van der Waals surface area (Å²) in [5.74, 6) is 1.71. The van der Waals surface area contributed by atoms with Gasteiger partial charge < -0.3 is 19.5 Å². The Morgan fingerprint density at radius 1 is 1.08 bits per heavy atom. The number of methoxy groups -OCH3 is 3. The molecule has 0 saturated carbocycles. The van der Waals surface area contributed by atoms with Crippen LogP contribution < -0.4 is 19.5 Å². The minimum atomic E-state index is -0.0713. The summed E-state index contributed by atoms with van der Waals surface area (Å²) in [7, 11) is 4.72. The second-order valence-electron chi connectivity index (χ2n) is 5.84. The van der Waals surface area contributed by atoms with Crippen molar-refractivity contribution in [1.82, 2.24) is 5.32 Å². The molecule has 26 heavy (non-hydrogen) atoms. The zero-order valence-corrected chi connectivity index (χ0v) is 17.1. The van der Waals surface area contributed by atoms with E-state index in [1.807, 2.05) is 43.3 Å². The lowest BCUT2D eigenvalue weighted by atomic mass is 10.1. The van der Waals surface area contributed by atoms with E-state index in [0.29, 0.717) is 30.1 Å². The number of hydrogen-bond donors (Lipinski definition) is 1. The Balaban J connectivity index is 2.02. The van der Waals surface area contributed by atoms with Gasteiger partial charge in [-0.05, 0) is 42.7 Å². The summed E-state index contributed by atoms with van der Waals surface area (Å²) >= 11 is 3.52. The van der Waals surface area contributed by atoms with Crippen LogP contribution in [0, 0.1) is 0 Å². The smallest absolute Gasteiger partial charge is 0.220 e. The first-order valence-electron chi connectivity index (χ1n) is 8.32. The van der Waals surface area contributed by atoms with Crippen LogP contribution in [0.3, 0.4) is 0 Å². The first-order chi connectivity index (χ1) is 12.5. The number of nitrogens with one attached hydrogen (secondary N) is 1. The summed E-state index contributed by atoms with van der Waals surface area (Å²) in [6, 6.07) is 11.5. The fourth-order valence-electron chi connectivity index (χ4n) is 2.76. The van der Waals surface area contributed by atoms with Crippen molar-refractivity contribution in [1.29, 1.82) is 0 Å². The van der Waals surface area contributed by atoms with E-state index in [1.165, 1.54) is 0 Å². The molecule has 0 bridgehead atoms. The molecule has 6 heteroatoms. The molecule has 1 N–H and O–H groups in total. The van der Waals surface area contributed by atoms with Crippen molar-refractivity contribution in [2.45, 2.75) is 25.8 Å². The molecule has 2 aromatic rings. The predicted molar refractivity (Wildman–Crippen MR) is 105 cm³/mol. The Morgan fingerprint density at radius 2 is 1.69 bits per heavy atom. The molecule has 1 amide bonds. The topological polar surface area (TPSA) is 56.8 Å². The first kappa shape index (κ1) is 20.1. The quantitative estimate of drug-likeness (QED) is 0.690. The molecule has 2 aromatic carbocycles. The maximum Gasteiger partial charge on any atom is 0.220 e. The number of halogens is 1. The van der Waals surface area contributed by atoms with Crippen molar-refractivity contribution in [2.75, 3.05) is 21.3 Å². The molecule has 0 fully saturated rings. The monoisotopic (exact) mass is 421 g/mol. The third-order valence-corrected chi connectivity index (χ3v) is 4.84. The lowest BCUT2D eigenvalue weighted by Gasteiger charge is -2.16. The lowest BCUT2D eigenvalue weighted by Crippen LogP contribution is -2.27. The van der Waals surface area contributed by atoms with E-state index in [2.05, 4.69) is 21.2 Å². The second-order valence-corrected chi connectivity index (χ2v) is 6.70. The average molecular weight is 422 g/mol. The minimum absolute atomic E-state index is 0.0120. The Hall–Kier alpha value is -2.21. The van der Waals surface area contributed by atoms with Crippen LogP contribution in [-0.2, 0) is 11.2 Å². The summed E-state index contributed by atoms with van der Waals surface area (Å²) < 4.78 is 17.0. The molecule has 0 aromatic heterocycles. The van der Waals surface area contributed by atoms with Gasteiger partial charge in [-0.1, -0.05) is 34.1 Å². The van der Waals surface area contributed by atoms with Gasteiger partial charge in [0.15, 0.2) is 11.5 Å². The highest BCUT2D eigenvalue weighted by Crippen LogP contribution is 2.38. The van der Waals surface area contributed by atoms with Gasteiger partial charge in [-0.25, -0.2) is 0 Å². The highest BCUT2D eigenvalue weighted by Gasteiger charge is 2.15. The molecule has 1 atom stereocenters. The number of ether oxygens (including phenoxy) is 3. The molecular weight excluding hydrogens is 398 g/mol. The minimum Gasteiger partial charge on any atom is -0.493 e. The van der Waals surface area contributed by atoms with Gasteiger partial charge in [-0.3, -0.25) is 4.79 Å². The van der Waals surface area contributed by atoms with Gasteiger partial charge in [0.05, 0.1) is 27.4 Å². The van der Waals surface area contributed by atoms with Gasteiger partial charge in [0.2, 0.25) is 11.7 Å². The van der Waals surface area contributed by atoms with Crippen LogP contribution in [0.1, 0.15) is 30.5 Å². The van der Waals surface area contributed by atoms with E-state index in [4.69, 9.17) is 14.2 Å². The average Bonchev–Trinajstić information content (AvgIpc) is 2.65. The summed E-state index contributed by atoms with van der Waals surface area (Å²) in [5, 5.41) is 3.03. The van der Waals surface area contributed by atoms with Gasteiger partial charge in [0, 0.05) is 10.9 Å². The highest BCUT2D eigenvalue weighted by atomic mass is 79.9. The summed E-state index contributed by atoms with van der Waals surface area (Å²) in [5.41, 5.74) is 2.00. The molecule has 0 radical (unpaired) electrons. The van der Waals surface area contributed by atoms with E-state index in [9.17, 15) is 4.79 Å². The predicted octanol–water partition coefficient (Wildman–Crippen LogP) is 4.28. The number of carbonyl (C=O) groups is 1. The number of benzene rings is 2. The first-order valence-corrected chi connectivity index (χ1v) is 9.12. The summed E-state index contributed by atoms with van der Waals surface area (Å²) in [4.78, 5) is 12.3. The molecule has 0 aliphatic heterocycles. The fraction of sp³-hybridized carbons (Fsp3) is 0.350. The molecule has 5 nitrogen and oxygen atoms in total. The third kappa shape index (κ3) is 4.91. The van der Waals surface area contributed by atoms with Crippen molar-refractivity contribution in [3.8, 4) is 17.2 Å². The SMILES string of the molecule is COc1cc(CCC(=O)NC(C)c2ccccc2Br)cc(OC)c1OC. The number of aryl methyl sites for hydroxylation is 1. The van der Waals surface area contributed by atoms with Crippen LogP contribution in [0.5, 0.6) is 17.2 Å². The van der Waals surface area contributed by atoms with Gasteiger partial charge in [0.25, 0.3) is 0 Å². The van der Waals surface area contributed by atoms with Crippen molar-refractivity contribution < 1.29 is 19.0 Å². The van der Waals surface area contributed by atoms with Gasteiger partial charge >= 0.3 is 0 Å². The molecular formula is C20H24BrNO4. The van der Waals surface area contributed by atoms with Gasteiger partial charge in [-0.15, -0.1) is 0 Å². The number of amides is 1. The molecule has 0 saturated heterocycles. The zero-order valence-electron chi connectivity index (χ0n) is 15.5. The van der Waals surface area contributed by atoms with Crippen molar-refractivity contribution in [3.05, 3.63) is 52.0 Å². The van der Waals surface area contributed by atoms with Crippen LogP contribution in [0.4, 0.5) is 0 Å². The van der Waals surface area contributed by atoms with E-state index in [1.54, 1.807) is 21.3 Å². The van der Waals surface area contributed by atoms with Crippen LogP contribution in [0.15, 0.2) is 40.9 Å². The molecule has 1 unspecified atom stereocenters. The molecule has 0 spiro atoms. The Morgan fingerprint density at radius 3 is 2.23 bits per heavy atom. The summed E-state index contributed by atoms with van der Waals surface area (Å²) in [6.07, 6.45) is 0.943. The Kier molecular flexibility index (Phi) is 7.33. The number of carbonyl (C=O) groups excluding carboxylic acids is 1. The van der Waals surface area contributed by atoms with Crippen LogP contribution >= 0.6 is 15.9 Å². The maximum atomic E-state index is 12.3. The van der Waals surface area contributed by atoms with Crippen molar-refractivity contribution >= 4 is 21.8 Å². The van der Waals surface area contributed by atoms with Crippen molar-refractivity contribution in [2.24, 2.45) is 0 Å². The van der Waals surface area contributed by atoms with E-state index in [-0.39, 0.29) is 11.9 Å².